The van der Waals surface area contributed by atoms with E-state index in [9.17, 15) is 4.79 Å². The van der Waals surface area contributed by atoms with Crippen molar-refractivity contribution in [1.82, 2.24) is 0 Å². The van der Waals surface area contributed by atoms with Crippen LogP contribution >= 0.6 is 0 Å². The number of benzene rings is 1. The number of rotatable bonds is 2. The highest BCUT2D eigenvalue weighted by Gasteiger charge is 2.28. The van der Waals surface area contributed by atoms with E-state index in [1.54, 1.807) is 4.90 Å². The van der Waals surface area contributed by atoms with Gasteiger partial charge in [0, 0.05) is 43.5 Å². The summed E-state index contributed by atoms with van der Waals surface area (Å²) in [5.41, 5.74) is 7.94. The summed E-state index contributed by atoms with van der Waals surface area (Å²) in [6.45, 7) is 3.94. The van der Waals surface area contributed by atoms with Crippen LogP contribution in [-0.2, 0) is 9.53 Å². The van der Waals surface area contributed by atoms with Crippen LogP contribution in [0.3, 0.4) is 0 Å². The average molecular weight is 261 g/mol. The number of nitrogens with two attached hydrogens (primary N) is 1. The van der Waals surface area contributed by atoms with Gasteiger partial charge in [0.15, 0.2) is 0 Å². The van der Waals surface area contributed by atoms with E-state index in [4.69, 9.17) is 10.5 Å². The first-order valence-corrected chi connectivity index (χ1v) is 6.73. The molecule has 1 amide bonds. The monoisotopic (exact) mass is 261 g/mol. The molecule has 0 aliphatic carbocycles. The van der Waals surface area contributed by atoms with E-state index in [-0.39, 0.29) is 11.9 Å². The molecule has 19 heavy (non-hydrogen) atoms. The molecule has 1 atom stereocenters. The highest BCUT2D eigenvalue weighted by atomic mass is 16.5. The summed E-state index contributed by atoms with van der Waals surface area (Å²) in [7, 11) is 0. The third-order valence-corrected chi connectivity index (χ3v) is 3.67. The number of ether oxygens (including phenoxy) is 1. The van der Waals surface area contributed by atoms with E-state index in [1.807, 2.05) is 12.1 Å². The molecule has 3 rings (SSSR count). The Morgan fingerprint density at radius 3 is 2.63 bits per heavy atom. The molecule has 5 heteroatoms. The Kier molecular flexibility index (Phi) is 3.40. The maximum absolute atomic E-state index is 11.9. The molecule has 1 aromatic carbocycles. The Morgan fingerprint density at radius 2 is 1.95 bits per heavy atom. The molecule has 102 valence electrons. The largest absolute Gasteiger partial charge is 0.378 e. The molecule has 2 heterocycles. The van der Waals surface area contributed by atoms with E-state index in [0.29, 0.717) is 13.0 Å². The summed E-state index contributed by atoms with van der Waals surface area (Å²) in [6, 6.07) is 8.08. The van der Waals surface area contributed by atoms with Crippen LogP contribution < -0.4 is 15.5 Å². The number of hydrogen-bond donors (Lipinski definition) is 1. The zero-order valence-electron chi connectivity index (χ0n) is 10.9. The first-order chi connectivity index (χ1) is 9.24. The minimum absolute atomic E-state index is 0.0421. The summed E-state index contributed by atoms with van der Waals surface area (Å²) >= 11 is 0. The standard InChI is InChI=1S/C14H19N3O2/c15-11-8-14(18)17(10-11)13-3-1-2-12(9-13)16-4-6-19-7-5-16/h1-3,9,11H,4-8,10,15H2. The lowest BCUT2D eigenvalue weighted by Gasteiger charge is -2.29. The Morgan fingerprint density at radius 1 is 1.21 bits per heavy atom. The fraction of sp³-hybridized carbons (Fsp3) is 0.500. The SMILES string of the molecule is NC1CC(=O)N(c2cccc(N3CCOCC3)c2)C1. The number of morpholine rings is 1. The molecule has 0 radical (unpaired) electrons. The van der Waals surface area contributed by atoms with Crippen molar-refractivity contribution in [2.24, 2.45) is 5.73 Å². The minimum atomic E-state index is -0.0421. The van der Waals surface area contributed by atoms with Crippen molar-refractivity contribution in [2.75, 3.05) is 42.6 Å². The van der Waals surface area contributed by atoms with Gasteiger partial charge in [0.25, 0.3) is 0 Å². The quantitative estimate of drug-likeness (QED) is 0.846. The molecule has 2 fully saturated rings. The molecule has 2 aliphatic heterocycles. The summed E-state index contributed by atoms with van der Waals surface area (Å²) in [6.07, 6.45) is 0.446. The minimum Gasteiger partial charge on any atom is -0.378 e. The van der Waals surface area contributed by atoms with Crippen molar-refractivity contribution in [3.8, 4) is 0 Å². The fourth-order valence-corrected chi connectivity index (χ4v) is 2.66. The van der Waals surface area contributed by atoms with Crippen molar-refractivity contribution in [3.05, 3.63) is 24.3 Å². The number of nitrogens with zero attached hydrogens (tertiary/aromatic N) is 2. The van der Waals surface area contributed by atoms with Gasteiger partial charge in [0.1, 0.15) is 0 Å². The van der Waals surface area contributed by atoms with Crippen LogP contribution in [0.5, 0.6) is 0 Å². The van der Waals surface area contributed by atoms with Crippen molar-refractivity contribution < 1.29 is 9.53 Å². The van der Waals surface area contributed by atoms with Crippen LogP contribution in [0, 0.1) is 0 Å². The van der Waals surface area contributed by atoms with Gasteiger partial charge >= 0.3 is 0 Å². The molecule has 2 saturated heterocycles. The van der Waals surface area contributed by atoms with Gasteiger partial charge in [-0.25, -0.2) is 0 Å². The van der Waals surface area contributed by atoms with Crippen molar-refractivity contribution in [1.29, 1.82) is 0 Å². The van der Waals surface area contributed by atoms with E-state index in [2.05, 4.69) is 17.0 Å². The summed E-state index contributed by atoms with van der Waals surface area (Å²) in [5.74, 6) is 0.117. The first-order valence-electron chi connectivity index (χ1n) is 6.73. The van der Waals surface area contributed by atoms with E-state index < -0.39 is 0 Å². The van der Waals surface area contributed by atoms with Gasteiger partial charge in [-0.3, -0.25) is 4.79 Å². The molecule has 1 unspecified atom stereocenters. The smallest absolute Gasteiger partial charge is 0.228 e. The molecular formula is C14H19N3O2. The fourth-order valence-electron chi connectivity index (χ4n) is 2.66. The molecule has 1 aromatic rings. The molecule has 2 N–H and O–H groups in total. The van der Waals surface area contributed by atoms with Gasteiger partial charge in [-0.15, -0.1) is 0 Å². The summed E-state index contributed by atoms with van der Waals surface area (Å²) in [5, 5.41) is 0. The zero-order chi connectivity index (χ0) is 13.2. The van der Waals surface area contributed by atoms with E-state index in [1.165, 1.54) is 0 Å². The predicted octanol–water partition coefficient (Wildman–Crippen LogP) is 0.587. The van der Waals surface area contributed by atoms with Crippen molar-refractivity contribution >= 4 is 17.3 Å². The number of anilines is 2. The maximum Gasteiger partial charge on any atom is 0.228 e. The topological polar surface area (TPSA) is 58.8 Å². The number of hydrogen-bond acceptors (Lipinski definition) is 4. The van der Waals surface area contributed by atoms with Gasteiger partial charge in [0.05, 0.1) is 13.2 Å². The van der Waals surface area contributed by atoms with E-state index >= 15 is 0 Å². The van der Waals surface area contributed by atoms with Crippen LogP contribution in [0.1, 0.15) is 6.42 Å². The number of carbonyl (C=O) groups excluding carboxylic acids is 1. The Bertz CT molecular complexity index is 472. The zero-order valence-corrected chi connectivity index (χ0v) is 10.9. The maximum atomic E-state index is 11.9. The highest BCUT2D eigenvalue weighted by Crippen LogP contribution is 2.26. The Labute approximate surface area is 112 Å². The van der Waals surface area contributed by atoms with Gasteiger partial charge in [-0.1, -0.05) is 6.07 Å². The van der Waals surface area contributed by atoms with Gasteiger partial charge in [0.2, 0.25) is 5.91 Å². The highest BCUT2D eigenvalue weighted by molar-refractivity contribution is 5.96. The Hall–Kier alpha value is -1.59. The Balaban J connectivity index is 1.81. The van der Waals surface area contributed by atoms with Gasteiger partial charge in [-0.2, -0.15) is 0 Å². The third-order valence-electron chi connectivity index (χ3n) is 3.67. The third kappa shape index (κ3) is 2.57. The van der Waals surface area contributed by atoms with Crippen LogP contribution in [0.15, 0.2) is 24.3 Å². The second-order valence-corrected chi connectivity index (χ2v) is 5.09. The lowest BCUT2D eigenvalue weighted by molar-refractivity contribution is -0.117. The molecule has 0 saturated carbocycles. The number of carbonyl (C=O) groups is 1. The predicted molar refractivity (Wildman–Crippen MR) is 74.4 cm³/mol. The van der Waals surface area contributed by atoms with Crippen molar-refractivity contribution in [3.63, 3.8) is 0 Å². The molecule has 0 aromatic heterocycles. The van der Waals surface area contributed by atoms with Crippen molar-refractivity contribution in [2.45, 2.75) is 12.5 Å². The lowest BCUT2D eigenvalue weighted by atomic mass is 10.2. The first kappa shape index (κ1) is 12.4. The molecule has 0 bridgehead atoms. The van der Waals surface area contributed by atoms with E-state index in [0.717, 1.165) is 37.7 Å². The van der Waals surface area contributed by atoms with Crippen LogP contribution in [0.4, 0.5) is 11.4 Å². The van der Waals surface area contributed by atoms with Gasteiger partial charge in [-0.05, 0) is 18.2 Å². The summed E-state index contributed by atoms with van der Waals surface area (Å²) < 4.78 is 5.36. The summed E-state index contributed by atoms with van der Waals surface area (Å²) in [4.78, 5) is 16.0. The van der Waals surface area contributed by atoms with Crippen LogP contribution in [0.2, 0.25) is 0 Å². The molecule has 2 aliphatic rings. The molecular weight excluding hydrogens is 242 g/mol. The normalized spacial score (nSPS) is 24.1. The molecule has 5 nitrogen and oxygen atoms in total. The van der Waals surface area contributed by atoms with Crippen LogP contribution in [0.25, 0.3) is 0 Å². The number of amides is 1. The second-order valence-electron chi connectivity index (χ2n) is 5.09. The second kappa shape index (κ2) is 5.19. The van der Waals surface area contributed by atoms with Crippen LogP contribution in [-0.4, -0.2) is 44.8 Å². The molecule has 0 spiro atoms. The average Bonchev–Trinajstić information content (AvgIpc) is 2.79. The van der Waals surface area contributed by atoms with Gasteiger partial charge < -0.3 is 20.3 Å². The lowest BCUT2D eigenvalue weighted by Crippen LogP contribution is -2.36.